The van der Waals surface area contributed by atoms with Crippen LogP contribution in [0.3, 0.4) is 0 Å². The monoisotopic (exact) mass is 294 g/mol. The molecule has 0 aliphatic heterocycles. The van der Waals surface area contributed by atoms with Crippen molar-refractivity contribution in [1.82, 2.24) is 0 Å². The summed E-state index contributed by atoms with van der Waals surface area (Å²) >= 11 is 0. The van der Waals surface area contributed by atoms with E-state index in [1.54, 1.807) is 0 Å². The zero-order chi connectivity index (χ0) is 14.4. The summed E-state index contributed by atoms with van der Waals surface area (Å²) in [7, 11) is 2.59. The second kappa shape index (κ2) is 7.39. The van der Waals surface area contributed by atoms with Crippen LogP contribution < -0.4 is 5.30 Å². The number of carbonyl (C=O) groups is 2. The van der Waals surface area contributed by atoms with Gasteiger partial charge in [0.05, 0.1) is 0 Å². The summed E-state index contributed by atoms with van der Waals surface area (Å²) in [4.78, 5) is 23.3. The molecule has 2 unspecified atom stereocenters. The molecule has 0 radical (unpaired) electrons. The molecule has 1 aliphatic carbocycles. The molecule has 0 aromatic heterocycles. The molecule has 2 rings (SSSR count). The average Bonchev–Trinajstić information content (AvgIpc) is 2.64. The SMILES string of the molecule is O=C(OCc1ccc(P)cc1)OC1CCCCCC1=O. The first-order valence-electron chi connectivity index (χ1n) is 6.85. The van der Waals surface area contributed by atoms with Crippen LogP contribution in [0.4, 0.5) is 4.79 Å². The fraction of sp³-hybridized carbons (Fsp3) is 0.467. The first kappa shape index (κ1) is 15.0. The number of rotatable bonds is 3. The van der Waals surface area contributed by atoms with Gasteiger partial charge in [-0.05, 0) is 30.1 Å². The average molecular weight is 294 g/mol. The summed E-state index contributed by atoms with van der Waals surface area (Å²) in [5, 5.41) is 1.07. The Hall–Kier alpha value is -1.41. The van der Waals surface area contributed by atoms with E-state index in [1.807, 2.05) is 24.3 Å². The van der Waals surface area contributed by atoms with Crippen molar-refractivity contribution in [2.24, 2.45) is 0 Å². The molecule has 0 saturated heterocycles. The van der Waals surface area contributed by atoms with Gasteiger partial charge in [-0.2, -0.15) is 0 Å². The van der Waals surface area contributed by atoms with Crippen molar-refractivity contribution >= 4 is 26.5 Å². The van der Waals surface area contributed by atoms with Crippen molar-refractivity contribution in [2.75, 3.05) is 0 Å². The maximum absolute atomic E-state index is 11.7. The van der Waals surface area contributed by atoms with E-state index in [-0.39, 0.29) is 12.4 Å². The number of carbonyl (C=O) groups excluding carboxylic acids is 2. The largest absolute Gasteiger partial charge is 0.509 e. The molecule has 1 fully saturated rings. The van der Waals surface area contributed by atoms with Crippen LogP contribution in [0.2, 0.25) is 0 Å². The molecule has 0 N–H and O–H groups in total. The molecule has 108 valence electrons. The molecule has 1 saturated carbocycles. The molecular formula is C15H19O4P. The van der Waals surface area contributed by atoms with Crippen molar-refractivity contribution in [3.63, 3.8) is 0 Å². The van der Waals surface area contributed by atoms with E-state index in [4.69, 9.17) is 9.47 Å². The Morgan fingerprint density at radius 2 is 1.95 bits per heavy atom. The van der Waals surface area contributed by atoms with Crippen LogP contribution in [0, 0.1) is 0 Å². The summed E-state index contributed by atoms with van der Waals surface area (Å²) in [6.45, 7) is 0.157. The van der Waals surface area contributed by atoms with Crippen molar-refractivity contribution in [3.8, 4) is 0 Å². The minimum atomic E-state index is -0.764. The number of benzene rings is 1. The molecule has 5 heteroatoms. The van der Waals surface area contributed by atoms with Crippen LogP contribution in [0.1, 0.15) is 37.7 Å². The Balaban J connectivity index is 1.79. The van der Waals surface area contributed by atoms with Crippen LogP contribution in [-0.4, -0.2) is 18.0 Å². The number of ketones is 1. The summed E-state index contributed by atoms with van der Waals surface area (Å²) < 4.78 is 10.2. The van der Waals surface area contributed by atoms with Gasteiger partial charge in [-0.25, -0.2) is 4.79 Å². The van der Waals surface area contributed by atoms with Crippen molar-refractivity contribution in [1.29, 1.82) is 0 Å². The number of hydrogen-bond acceptors (Lipinski definition) is 4. The molecule has 1 aliphatic rings. The summed E-state index contributed by atoms with van der Waals surface area (Å²) in [5.74, 6) is 0.00631. The summed E-state index contributed by atoms with van der Waals surface area (Å²) in [6.07, 6.45) is 2.53. The third-order valence-corrected chi connectivity index (χ3v) is 3.71. The van der Waals surface area contributed by atoms with Gasteiger partial charge in [-0.1, -0.05) is 30.7 Å². The van der Waals surface area contributed by atoms with E-state index in [9.17, 15) is 9.59 Å². The van der Waals surface area contributed by atoms with Crippen LogP contribution in [-0.2, 0) is 20.9 Å². The molecule has 1 aromatic carbocycles. The highest BCUT2D eigenvalue weighted by Crippen LogP contribution is 2.17. The van der Waals surface area contributed by atoms with E-state index >= 15 is 0 Å². The predicted molar refractivity (Wildman–Crippen MR) is 78.9 cm³/mol. The van der Waals surface area contributed by atoms with Gasteiger partial charge >= 0.3 is 6.16 Å². The second-order valence-electron chi connectivity index (χ2n) is 4.95. The maximum atomic E-state index is 11.7. The zero-order valence-electron chi connectivity index (χ0n) is 11.3. The van der Waals surface area contributed by atoms with E-state index in [1.165, 1.54) is 0 Å². The van der Waals surface area contributed by atoms with Gasteiger partial charge in [0.15, 0.2) is 11.9 Å². The first-order chi connectivity index (χ1) is 9.65. The quantitative estimate of drug-likeness (QED) is 0.488. The van der Waals surface area contributed by atoms with Crippen LogP contribution in [0.5, 0.6) is 0 Å². The predicted octanol–water partition coefficient (Wildman–Crippen LogP) is 2.74. The molecule has 1 aromatic rings. The Kier molecular flexibility index (Phi) is 5.54. The summed E-state index contributed by atoms with van der Waals surface area (Å²) in [5.41, 5.74) is 0.889. The van der Waals surface area contributed by atoms with Crippen LogP contribution >= 0.6 is 9.24 Å². The number of hydrogen-bond donors (Lipinski definition) is 0. The molecular weight excluding hydrogens is 275 g/mol. The van der Waals surface area contributed by atoms with Crippen molar-refractivity contribution in [3.05, 3.63) is 29.8 Å². The van der Waals surface area contributed by atoms with Gasteiger partial charge in [0, 0.05) is 6.42 Å². The van der Waals surface area contributed by atoms with Gasteiger partial charge in [-0.3, -0.25) is 4.79 Å². The molecule has 0 amide bonds. The van der Waals surface area contributed by atoms with Crippen LogP contribution in [0.25, 0.3) is 0 Å². The van der Waals surface area contributed by atoms with Gasteiger partial charge in [-0.15, -0.1) is 9.24 Å². The summed E-state index contributed by atoms with van der Waals surface area (Å²) in [6, 6.07) is 7.60. The highest BCUT2D eigenvalue weighted by atomic mass is 31.0. The smallest absolute Gasteiger partial charge is 0.429 e. The number of ether oxygens (including phenoxy) is 2. The molecule has 20 heavy (non-hydrogen) atoms. The normalized spacial score (nSPS) is 19.2. The maximum Gasteiger partial charge on any atom is 0.509 e. The third-order valence-electron chi connectivity index (χ3n) is 3.32. The molecule has 4 nitrogen and oxygen atoms in total. The van der Waals surface area contributed by atoms with Gasteiger partial charge in [0.25, 0.3) is 0 Å². The van der Waals surface area contributed by atoms with E-state index in [0.717, 1.165) is 30.1 Å². The molecule has 2 atom stereocenters. The fourth-order valence-corrected chi connectivity index (χ4v) is 2.35. The second-order valence-corrected chi connectivity index (χ2v) is 5.62. The Morgan fingerprint density at radius 3 is 2.70 bits per heavy atom. The van der Waals surface area contributed by atoms with E-state index < -0.39 is 12.3 Å². The highest BCUT2D eigenvalue weighted by molar-refractivity contribution is 7.27. The minimum Gasteiger partial charge on any atom is -0.429 e. The lowest BCUT2D eigenvalue weighted by Crippen LogP contribution is -2.26. The van der Waals surface area contributed by atoms with Gasteiger partial charge < -0.3 is 9.47 Å². The van der Waals surface area contributed by atoms with Crippen molar-refractivity contribution in [2.45, 2.75) is 44.8 Å². The lowest BCUT2D eigenvalue weighted by molar-refractivity contribution is -0.128. The fourth-order valence-electron chi connectivity index (χ4n) is 2.16. The number of Topliss-reactive ketones (excluding diaryl/α,β-unsaturated/α-hetero) is 1. The highest BCUT2D eigenvalue weighted by Gasteiger charge is 2.25. The Labute approximate surface area is 121 Å². The standard InChI is InChI=1S/C15H19O4P/c16-13-4-2-1-3-5-14(13)19-15(17)18-10-11-6-8-12(20)9-7-11/h6-9,14H,1-5,10,20H2. The topological polar surface area (TPSA) is 52.6 Å². The first-order valence-corrected chi connectivity index (χ1v) is 7.43. The molecule has 0 bridgehead atoms. The minimum absolute atomic E-state index is 0.00631. The van der Waals surface area contributed by atoms with Gasteiger partial charge in [0.2, 0.25) is 0 Å². The van der Waals surface area contributed by atoms with E-state index in [2.05, 4.69) is 9.24 Å². The lowest BCUT2D eigenvalue weighted by atomic mass is 10.1. The van der Waals surface area contributed by atoms with E-state index in [0.29, 0.717) is 12.8 Å². The van der Waals surface area contributed by atoms with Crippen molar-refractivity contribution < 1.29 is 19.1 Å². The Morgan fingerprint density at radius 1 is 1.20 bits per heavy atom. The zero-order valence-corrected chi connectivity index (χ0v) is 12.5. The van der Waals surface area contributed by atoms with Gasteiger partial charge in [0.1, 0.15) is 6.61 Å². The third kappa shape index (κ3) is 4.61. The Bertz CT molecular complexity index is 469. The molecule has 0 spiro atoms. The lowest BCUT2D eigenvalue weighted by Gasteiger charge is -2.14. The van der Waals surface area contributed by atoms with Crippen LogP contribution in [0.15, 0.2) is 24.3 Å². The molecule has 0 heterocycles.